The number of pyridine rings is 1. The quantitative estimate of drug-likeness (QED) is 0.689. The second-order valence-electron chi connectivity index (χ2n) is 4.32. The van der Waals surface area contributed by atoms with Crippen molar-refractivity contribution in [3.05, 3.63) is 24.0 Å². The summed E-state index contributed by atoms with van der Waals surface area (Å²) >= 11 is 4.80. The summed E-state index contributed by atoms with van der Waals surface area (Å²) in [5.74, 6) is -0.747. The molecule has 0 saturated carbocycles. The van der Waals surface area contributed by atoms with E-state index in [0.717, 1.165) is 4.31 Å². The average Bonchev–Trinajstić information content (AvgIpc) is 2.35. The smallest absolute Gasteiger partial charge is 0.246 e. The highest BCUT2D eigenvalue weighted by atomic mass is 32.2. The molecule has 0 spiro atoms. The number of aromatic nitrogens is 1. The highest BCUT2D eigenvalue weighted by molar-refractivity contribution is 7.89. The van der Waals surface area contributed by atoms with Gasteiger partial charge in [0.05, 0.1) is 6.54 Å². The zero-order chi connectivity index (χ0) is 15.5. The molecule has 20 heavy (non-hydrogen) atoms. The van der Waals surface area contributed by atoms with E-state index < -0.39 is 28.5 Å². The predicted molar refractivity (Wildman–Crippen MR) is 78.3 cm³/mol. The Morgan fingerprint density at radius 1 is 1.45 bits per heavy atom. The molecule has 1 aromatic rings. The molecule has 0 aliphatic heterocycles. The van der Waals surface area contributed by atoms with E-state index in [1.165, 1.54) is 18.3 Å². The van der Waals surface area contributed by atoms with Crippen LogP contribution < -0.4 is 11.5 Å². The van der Waals surface area contributed by atoms with E-state index in [0.29, 0.717) is 0 Å². The van der Waals surface area contributed by atoms with Crippen molar-refractivity contribution in [3.63, 3.8) is 0 Å². The fourth-order valence-electron chi connectivity index (χ4n) is 1.61. The van der Waals surface area contributed by atoms with Gasteiger partial charge in [-0.1, -0.05) is 12.2 Å². The lowest BCUT2D eigenvalue weighted by Gasteiger charge is -2.25. The van der Waals surface area contributed by atoms with Crippen LogP contribution in [0.3, 0.4) is 0 Å². The van der Waals surface area contributed by atoms with Crippen molar-refractivity contribution in [2.24, 2.45) is 11.5 Å². The summed E-state index contributed by atoms with van der Waals surface area (Å²) in [5.41, 5.74) is 10.6. The molecule has 7 nitrogen and oxygen atoms in total. The maximum absolute atomic E-state index is 12.6. The third-order valence-electron chi connectivity index (χ3n) is 2.48. The van der Waals surface area contributed by atoms with Gasteiger partial charge in [-0.3, -0.25) is 9.78 Å². The van der Waals surface area contributed by atoms with Gasteiger partial charge in [-0.05, 0) is 26.0 Å². The van der Waals surface area contributed by atoms with E-state index in [4.69, 9.17) is 23.7 Å². The van der Waals surface area contributed by atoms with Crippen molar-refractivity contribution in [1.82, 2.24) is 9.29 Å². The van der Waals surface area contributed by atoms with Gasteiger partial charge in [-0.2, -0.15) is 4.31 Å². The van der Waals surface area contributed by atoms with Gasteiger partial charge in [0, 0.05) is 12.2 Å². The number of carbonyl (C=O) groups is 1. The molecule has 4 N–H and O–H groups in total. The van der Waals surface area contributed by atoms with Gasteiger partial charge in [0.1, 0.15) is 15.6 Å². The van der Waals surface area contributed by atoms with Crippen LogP contribution in [0.2, 0.25) is 0 Å². The molecule has 0 fully saturated rings. The number of rotatable bonds is 6. The summed E-state index contributed by atoms with van der Waals surface area (Å²) in [6.07, 6.45) is 1.39. The van der Waals surface area contributed by atoms with Gasteiger partial charge >= 0.3 is 0 Å². The Kier molecular flexibility index (Phi) is 5.15. The minimum absolute atomic E-state index is 0.00220. The normalized spacial score (nSPS) is 11.8. The van der Waals surface area contributed by atoms with Crippen molar-refractivity contribution >= 4 is 33.1 Å². The van der Waals surface area contributed by atoms with Gasteiger partial charge in [-0.25, -0.2) is 8.42 Å². The Labute approximate surface area is 123 Å². The van der Waals surface area contributed by atoms with E-state index in [-0.39, 0.29) is 15.6 Å². The Morgan fingerprint density at radius 3 is 2.50 bits per heavy atom. The average molecular weight is 316 g/mol. The number of primary amides is 1. The molecule has 0 atom stereocenters. The van der Waals surface area contributed by atoms with Crippen LogP contribution in [-0.4, -0.2) is 41.2 Å². The molecule has 110 valence electrons. The van der Waals surface area contributed by atoms with E-state index in [1.54, 1.807) is 13.8 Å². The van der Waals surface area contributed by atoms with Crippen LogP contribution in [0.4, 0.5) is 0 Å². The number of nitrogens with zero attached hydrogens (tertiary/aromatic N) is 2. The summed E-state index contributed by atoms with van der Waals surface area (Å²) in [6, 6.07) is 2.34. The van der Waals surface area contributed by atoms with Crippen molar-refractivity contribution in [2.45, 2.75) is 24.8 Å². The van der Waals surface area contributed by atoms with Crippen molar-refractivity contribution in [1.29, 1.82) is 0 Å². The van der Waals surface area contributed by atoms with E-state index in [2.05, 4.69) is 4.98 Å². The molecule has 0 radical (unpaired) electrons. The van der Waals surface area contributed by atoms with Crippen LogP contribution in [-0.2, 0) is 14.8 Å². The number of amides is 1. The monoisotopic (exact) mass is 316 g/mol. The molecule has 0 unspecified atom stereocenters. The third-order valence-corrected chi connectivity index (χ3v) is 4.73. The van der Waals surface area contributed by atoms with E-state index >= 15 is 0 Å². The minimum atomic E-state index is -3.97. The number of hydrogen-bond donors (Lipinski definition) is 2. The number of thiocarbonyl (C=S) groups is 1. The van der Waals surface area contributed by atoms with Gasteiger partial charge in [0.25, 0.3) is 0 Å². The SMILES string of the molecule is CC(C)N(CC(N)=O)S(=O)(=O)c1cccnc1C(N)=S. The summed E-state index contributed by atoms with van der Waals surface area (Å²) in [6.45, 7) is 2.85. The molecule has 1 amide bonds. The Morgan fingerprint density at radius 2 is 2.05 bits per heavy atom. The first kappa shape index (κ1) is 16.5. The standard InChI is InChI=1S/C11H16N4O3S2/c1-7(2)15(6-9(12)16)20(17,18)8-4-3-5-14-10(8)11(13)19/h3-5,7H,6H2,1-2H3,(H2,12,16)(H2,13,19). The van der Waals surface area contributed by atoms with Crippen molar-refractivity contribution in [2.75, 3.05) is 6.54 Å². The topological polar surface area (TPSA) is 119 Å². The van der Waals surface area contributed by atoms with Crippen molar-refractivity contribution < 1.29 is 13.2 Å². The lowest BCUT2D eigenvalue weighted by molar-refractivity contribution is -0.118. The van der Waals surface area contributed by atoms with Crippen LogP contribution >= 0.6 is 12.2 Å². The first-order valence-corrected chi connectivity index (χ1v) is 7.57. The Hall–Kier alpha value is -1.58. The molecule has 9 heteroatoms. The molecule has 1 aromatic heterocycles. The highest BCUT2D eigenvalue weighted by Crippen LogP contribution is 2.20. The van der Waals surface area contributed by atoms with E-state index in [1.807, 2.05) is 0 Å². The van der Waals surface area contributed by atoms with Gasteiger partial charge in [-0.15, -0.1) is 0 Å². The maximum Gasteiger partial charge on any atom is 0.246 e. The predicted octanol–water partition coefficient (Wildman–Crippen LogP) is -0.400. The highest BCUT2D eigenvalue weighted by Gasteiger charge is 2.31. The first-order valence-electron chi connectivity index (χ1n) is 5.73. The van der Waals surface area contributed by atoms with Crippen LogP contribution in [0.15, 0.2) is 23.2 Å². The van der Waals surface area contributed by atoms with Crippen LogP contribution in [0.25, 0.3) is 0 Å². The summed E-state index contributed by atoms with van der Waals surface area (Å²) < 4.78 is 26.2. The largest absolute Gasteiger partial charge is 0.388 e. The zero-order valence-electron chi connectivity index (χ0n) is 11.1. The Balaban J connectivity index is 3.41. The van der Waals surface area contributed by atoms with Crippen LogP contribution in [0.5, 0.6) is 0 Å². The fourth-order valence-corrected chi connectivity index (χ4v) is 3.60. The summed E-state index contributed by atoms with van der Waals surface area (Å²) in [7, 11) is -3.97. The minimum Gasteiger partial charge on any atom is -0.388 e. The molecule has 1 rings (SSSR count). The molecular formula is C11H16N4O3S2. The second-order valence-corrected chi connectivity index (χ2v) is 6.62. The number of sulfonamides is 1. The molecule has 0 aliphatic carbocycles. The van der Waals surface area contributed by atoms with Crippen LogP contribution in [0.1, 0.15) is 19.5 Å². The second kappa shape index (κ2) is 6.25. The van der Waals surface area contributed by atoms with Gasteiger partial charge in [0.2, 0.25) is 15.9 Å². The van der Waals surface area contributed by atoms with Gasteiger partial charge < -0.3 is 11.5 Å². The first-order chi connectivity index (χ1) is 9.17. The summed E-state index contributed by atoms with van der Waals surface area (Å²) in [4.78, 5) is 14.7. The van der Waals surface area contributed by atoms with Crippen LogP contribution in [0, 0.1) is 0 Å². The lowest BCUT2D eigenvalue weighted by atomic mass is 10.3. The van der Waals surface area contributed by atoms with Gasteiger partial charge in [0.15, 0.2) is 0 Å². The lowest BCUT2D eigenvalue weighted by Crippen LogP contribution is -2.43. The van der Waals surface area contributed by atoms with E-state index in [9.17, 15) is 13.2 Å². The third kappa shape index (κ3) is 3.50. The molecule has 1 heterocycles. The summed E-state index contributed by atoms with van der Waals surface area (Å²) in [5, 5.41) is 0. The van der Waals surface area contributed by atoms with Crippen molar-refractivity contribution in [3.8, 4) is 0 Å². The molecule has 0 aliphatic rings. The molecule has 0 aromatic carbocycles. The zero-order valence-corrected chi connectivity index (χ0v) is 12.7. The fraction of sp³-hybridized carbons (Fsp3) is 0.364. The Bertz CT molecular complexity index is 628. The maximum atomic E-state index is 12.6. The number of hydrogen-bond acceptors (Lipinski definition) is 5. The molecule has 0 saturated heterocycles. The number of nitrogens with two attached hydrogens (primary N) is 2. The molecule has 0 bridgehead atoms. The number of carbonyl (C=O) groups excluding carboxylic acids is 1. The molecular weight excluding hydrogens is 300 g/mol.